The van der Waals surface area contributed by atoms with Gasteiger partial charge in [0.15, 0.2) is 0 Å². The Labute approximate surface area is 118 Å². The molecule has 1 N–H and O–H groups in total. The molecule has 0 bridgehead atoms. The van der Waals surface area contributed by atoms with Crippen molar-refractivity contribution in [2.24, 2.45) is 0 Å². The second kappa shape index (κ2) is 5.07. The van der Waals surface area contributed by atoms with Gasteiger partial charge in [0.1, 0.15) is 4.88 Å². The molecular weight excluding hydrogens is 276 g/mol. The highest BCUT2D eigenvalue weighted by atomic mass is 32.2. The van der Waals surface area contributed by atoms with Crippen LogP contribution >= 0.6 is 23.1 Å². The Bertz CT molecular complexity index is 746. The maximum absolute atomic E-state index is 10.8. The molecule has 0 radical (unpaired) electrons. The van der Waals surface area contributed by atoms with Crippen LogP contribution in [0, 0.1) is 0 Å². The van der Waals surface area contributed by atoms with Gasteiger partial charge in [-0.2, -0.15) is 0 Å². The van der Waals surface area contributed by atoms with Gasteiger partial charge in [0, 0.05) is 4.90 Å². The number of benzene rings is 2. The van der Waals surface area contributed by atoms with E-state index in [2.05, 4.69) is 30.3 Å². The number of hydrogen-bond acceptors (Lipinski definition) is 3. The van der Waals surface area contributed by atoms with Crippen molar-refractivity contribution in [2.75, 3.05) is 0 Å². The second-order valence-electron chi connectivity index (χ2n) is 4.03. The molecule has 0 saturated heterocycles. The largest absolute Gasteiger partial charge is 0.477 e. The molecule has 94 valence electrons. The zero-order valence-corrected chi connectivity index (χ0v) is 11.5. The number of carboxylic acid groups (broad SMARTS) is 1. The average Bonchev–Trinajstić information content (AvgIpc) is 2.87. The first-order valence-electron chi connectivity index (χ1n) is 5.72. The van der Waals surface area contributed by atoms with Crippen LogP contribution in [0.1, 0.15) is 9.67 Å². The predicted molar refractivity (Wildman–Crippen MR) is 79.3 cm³/mol. The Morgan fingerprint density at radius 2 is 1.79 bits per heavy atom. The molecule has 0 fully saturated rings. The molecule has 0 amide bonds. The van der Waals surface area contributed by atoms with Crippen LogP contribution in [0.2, 0.25) is 0 Å². The van der Waals surface area contributed by atoms with Crippen molar-refractivity contribution in [3.63, 3.8) is 0 Å². The molecule has 3 rings (SSSR count). The van der Waals surface area contributed by atoms with Crippen molar-refractivity contribution in [1.82, 2.24) is 0 Å². The monoisotopic (exact) mass is 286 g/mol. The fourth-order valence-corrected chi connectivity index (χ4v) is 3.83. The molecule has 1 aromatic heterocycles. The maximum Gasteiger partial charge on any atom is 0.345 e. The van der Waals surface area contributed by atoms with Crippen LogP contribution in [0.5, 0.6) is 0 Å². The van der Waals surface area contributed by atoms with Gasteiger partial charge in [-0.15, -0.1) is 11.3 Å². The van der Waals surface area contributed by atoms with Gasteiger partial charge in [-0.1, -0.05) is 42.1 Å². The molecule has 19 heavy (non-hydrogen) atoms. The highest BCUT2D eigenvalue weighted by molar-refractivity contribution is 8.01. The molecule has 0 atom stereocenters. The molecule has 0 spiro atoms. The molecule has 0 unspecified atom stereocenters. The minimum absolute atomic E-state index is 0.378. The van der Waals surface area contributed by atoms with Gasteiger partial charge in [0.2, 0.25) is 0 Å². The van der Waals surface area contributed by atoms with Crippen molar-refractivity contribution in [1.29, 1.82) is 0 Å². The lowest BCUT2D eigenvalue weighted by Crippen LogP contribution is -1.89. The zero-order chi connectivity index (χ0) is 13.2. The fourth-order valence-electron chi connectivity index (χ4n) is 1.84. The van der Waals surface area contributed by atoms with E-state index in [4.69, 9.17) is 5.11 Å². The van der Waals surface area contributed by atoms with Gasteiger partial charge >= 0.3 is 5.97 Å². The molecule has 0 aliphatic rings. The van der Waals surface area contributed by atoms with Crippen molar-refractivity contribution in [3.8, 4) is 0 Å². The van der Waals surface area contributed by atoms with Crippen molar-refractivity contribution in [2.45, 2.75) is 9.10 Å². The molecule has 1 heterocycles. The molecule has 2 nitrogen and oxygen atoms in total. The van der Waals surface area contributed by atoms with Crippen LogP contribution in [0.4, 0.5) is 0 Å². The highest BCUT2D eigenvalue weighted by Crippen LogP contribution is 2.34. The number of fused-ring (bicyclic) bond motifs is 1. The summed E-state index contributed by atoms with van der Waals surface area (Å²) in [4.78, 5) is 12.3. The number of hydrogen-bond donors (Lipinski definition) is 1. The second-order valence-corrected chi connectivity index (χ2v) is 6.49. The SMILES string of the molecule is O=C(O)c1ccc(Sc2ccc3ccccc3c2)s1. The van der Waals surface area contributed by atoms with Crippen molar-refractivity contribution < 1.29 is 9.90 Å². The average molecular weight is 286 g/mol. The quantitative estimate of drug-likeness (QED) is 0.755. The van der Waals surface area contributed by atoms with E-state index in [0.717, 1.165) is 9.10 Å². The maximum atomic E-state index is 10.8. The Morgan fingerprint density at radius 3 is 2.53 bits per heavy atom. The molecule has 0 aliphatic carbocycles. The first-order valence-corrected chi connectivity index (χ1v) is 7.35. The topological polar surface area (TPSA) is 37.3 Å². The lowest BCUT2D eigenvalue weighted by atomic mass is 10.1. The standard InChI is InChI=1S/C15H10O2S2/c16-15(17)13-7-8-14(19-13)18-12-6-5-10-3-1-2-4-11(10)9-12/h1-9H,(H,16,17). The third-order valence-electron chi connectivity index (χ3n) is 2.73. The van der Waals surface area contributed by atoms with Crippen LogP contribution < -0.4 is 0 Å². The van der Waals surface area contributed by atoms with Crippen LogP contribution in [0.3, 0.4) is 0 Å². The van der Waals surface area contributed by atoms with E-state index in [-0.39, 0.29) is 0 Å². The first-order chi connectivity index (χ1) is 9.22. The molecule has 0 saturated carbocycles. The summed E-state index contributed by atoms with van der Waals surface area (Å²) >= 11 is 2.90. The summed E-state index contributed by atoms with van der Waals surface area (Å²) in [5.74, 6) is -0.865. The van der Waals surface area contributed by atoms with Crippen molar-refractivity contribution >= 4 is 39.8 Å². The van der Waals surface area contributed by atoms with Gasteiger partial charge in [-0.3, -0.25) is 0 Å². The smallest absolute Gasteiger partial charge is 0.345 e. The lowest BCUT2D eigenvalue weighted by Gasteiger charge is -2.01. The molecular formula is C15H10O2S2. The van der Waals surface area contributed by atoms with E-state index >= 15 is 0 Å². The Balaban J connectivity index is 1.89. The summed E-state index contributed by atoms with van der Waals surface area (Å²) < 4.78 is 0.993. The Kier molecular flexibility index (Phi) is 3.27. The number of rotatable bonds is 3. The lowest BCUT2D eigenvalue weighted by molar-refractivity contribution is 0.0702. The summed E-state index contributed by atoms with van der Waals surface area (Å²) in [6.45, 7) is 0. The van der Waals surface area contributed by atoms with Gasteiger partial charge < -0.3 is 5.11 Å². The third kappa shape index (κ3) is 2.64. The van der Waals surface area contributed by atoms with E-state index in [1.165, 1.54) is 22.1 Å². The summed E-state index contributed by atoms with van der Waals surface area (Å²) in [5.41, 5.74) is 0. The Hall–Kier alpha value is -1.78. The first kappa shape index (κ1) is 12.3. The van der Waals surface area contributed by atoms with Crippen molar-refractivity contribution in [3.05, 3.63) is 59.5 Å². The summed E-state index contributed by atoms with van der Waals surface area (Å²) in [7, 11) is 0. The third-order valence-corrected chi connectivity index (χ3v) is 4.93. The number of thiophene rings is 1. The minimum atomic E-state index is -0.865. The highest BCUT2D eigenvalue weighted by Gasteiger charge is 2.08. The molecule has 3 aromatic rings. The van der Waals surface area contributed by atoms with Gasteiger partial charge in [-0.05, 0) is 35.0 Å². The summed E-state index contributed by atoms with van der Waals surface area (Å²) in [5, 5.41) is 11.3. The summed E-state index contributed by atoms with van der Waals surface area (Å²) in [6.07, 6.45) is 0. The van der Waals surface area contributed by atoms with Gasteiger partial charge in [-0.25, -0.2) is 4.79 Å². The minimum Gasteiger partial charge on any atom is -0.477 e. The van der Waals surface area contributed by atoms with Crippen LogP contribution in [0.25, 0.3) is 10.8 Å². The van der Waals surface area contributed by atoms with E-state index < -0.39 is 5.97 Å². The zero-order valence-electron chi connectivity index (χ0n) is 9.87. The fraction of sp³-hybridized carbons (Fsp3) is 0. The van der Waals surface area contributed by atoms with Crippen LogP contribution in [-0.2, 0) is 0 Å². The number of aromatic carboxylic acids is 1. The molecule has 2 aromatic carbocycles. The number of carbonyl (C=O) groups is 1. The summed E-state index contributed by atoms with van der Waals surface area (Å²) in [6, 6.07) is 18.0. The van der Waals surface area contributed by atoms with E-state index in [1.54, 1.807) is 17.8 Å². The van der Waals surface area contributed by atoms with E-state index in [9.17, 15) is 4.79 Å². The van der Waals surface area contributed by atoms with E-state index in [1.807, 2.05) is 18.2 Å². The Morgan fingerprint density at radius 1 is 1.00 bits per heavy atom. The number of carboxylic acids is 1. The van der Waals surface area contributed by atoms with Gasteiger partial charge in [0.25, 0.3) is 0 Å². The van der Waals surface area contributed by atoms with Crippen LogP contribution in [-0.4, -0.2) is 11.1 Å². The van der Waals surface area contributed by atoms with E-state index in [0.29, 0.717) is 4.88 Å². The van der Waals surface area contributed by atoms with Gasteiger partial charge in [0.05, 0.1) is 4.21 Å². The predicted octanol–water partition coefficient (Wildman–Crippen LogP) is 4.75. The normalized spacial score (nSPS) is 10.7. The van der Waals surface area contributed by atoms with Crippen LogP contribution in [0.15, 0.2) is 63.7 Å². The molecule has 4 heteroatoms. The molecule has 0 aliphatic heterocycles.